The summed E-state index contributed by atoms with van der Waals surface area (Å²) in [4.78, 5) is 10.2. The van der Waals surface area contributed by atoms with E-state index in [2.05, 4.69) is 9.97 Å². The van der Waals surface area contributed by atoms with Gasteiger partial charge in [0.2, 0.25) is 5.95 Å². The van der Waals surface area contributed by atoms with Crippen molar-refractivity contribution in [2.75, 3.05) is 30.8 Å². The van der Waals surface area contributed by atoms with Gasteiger partial charge >= 0.3 is 0 Å². The minimum atomic E-state index is 0.255. The smallest absolute Gasteiger partial charge is 0.225 e. The van der Waals surface area contributed by atoms with Crippen molar-refractivity contribution in [3.8, 4) is 0 Å². The van der Waals surface area contributed by atoms with Crippen LogP contribution in [0.4, 0.5) is 11.6 Å². The number of nitrogens with zero attached hydrogens (tertiary/aromatic N) is 3. The summed E-state index contributed by atoms with van der Waals surface area (Å²) in [7, 11) is 1.93. The average Bonchev–Trinajstić information content (AvgIpc) is 2.18. The molecule has 1 aromatic rings. The summed E-state index contributed by atoms with van der Waals surface area (Å²) in [6, 6.07) is 0. The highest BCUT2D eigenvalue weighted by molar-refractivity contribution is 5.37. The monoisotopic (exact) mass is 210 g/mol. The van der Waals surface area contributed by atoms with E-state index in [0.717, 1.165) is 6.54 Å². The molecule has 0 aliphatic heterocycles. The van der Waals surface area contributed by atoms with E-state index in [1.165, 1.54) is 0 Å². The van der Waals surface area contributed by atoms with E-state index in [4.69, 9.17) is 10.5 Å². The molecule has 5 nitrogen and oxygen atoms in total. The van der Waals surface area contributed by atoms with Gasteiger partial charge in [-0.15, -0.1) is 0 Å². The second-order valence-corrected chi connectivity index (χ2v) is 3.66. The largest absolute Gasteiger partial charge is 0.396 e. The van der Waals surface area contributed by atoms with Crippen molar-refractivity contribution in [2.45, 2.75) is 20.0 Å². The minimum absolute atomic E-state index is 0.255. The van der Waals surface area contributed by atoms with E-state index in [-0.39, 0.29) is 6.10 Å². The highest BCUT2D eigenvalue weighted by Gasteiger charge is 2.03. The lowest BCUT2D eigenvalue weighted by atomic mass is 10.5. The fraction of sp³-hybridized carbons (Fsp3) is 0.600. The van der Waals surface area contributed by atoms with E-state index in [1.807, 2.05) is 25.8 Å². The first-order valence-corrected chi connectivity index (χ1v) is 5.00. The molecule has 5 heteroatoms. The Bertz CT molecular complexity index is 286. The predicted molar refractivity (Wildman–Crippen MR) is 60.8 cm³/mol. The Labute approximate surface area is 90.3 Å². The van der Waals surface area contributed by atoms with Gasteiger partial charge < -0.3 is 15.4 Å². The molecule has 0 aliphatic carbocycles. The van der Waals surface area contributed by atoms with Gasteiger partial charge in [0.15, 0.2) is 0 Å². The number of anilines is 2. The van der Waals surface area contributed by atoms with E-state index in [0.29, 0.717) is 18.2 Å². The molecule has 0 fully saturated rings. The third kappa shape index (κ3) is 4.12. The fourth-order valence-corrected chi connectivity index (χ4v) is 1.05. The molecule has 0 bridgehead atoms. The van der Waals surface area contributed by atoms with Gasteiger partial charge in [-0.25, -0.2) is 9.97 Å². The van der Waals surface area contributed by atoms with Gasteiger partial charge in [-0.05, 0) is 13.8 Å². The second kappa shape index (κ2) is 5.50. The zero-order valence-corrected chi connectivity index (χ0v) is 9.47. The van der Waals surface area contributed by atoms with Crippen molar-refractivity contribution in [3.05, 3.63) is 12.4 Å². The average molecular weight is 210 g/mol. The van der Waals surface area contributed by atoms with Crippen molar-refractivity contribution in [2.24, 2.45) is 0 Å². The number of nitrogen functional groups attached to an aromatic ring is 1. The summed E-state index contributed by atoms with van der Waals surface area (Å²) < 4.78 is 5.44. The Morgan fingerprint density at radius 1 is 1.40 bits per heavy atom. The van der Waals surface area contributed by atoms with Crippen LogP contribution in [-0.4, -0.2) is 36.3 Å². The summed E-state index contributed by atoms with van der Waals surface area (Å²) >= 11 is 0. The van der Waals surface area contributed by atoms with E-state index >= 15 is 0 Å². The van der Waals surface area contributed by atoms with Crippen molar-refractivity contribution < 1.29 is 4.74 Å². The molecule has 0 saturated heterocycles. The van der Waals surface area contributed by atoms with Crippen LogP contribution >= 0.6 is 0 Å². The third-order valence-electron chi connectivity index (χ3n) is 1.88. The maximum Gasteiger partial charge on any atom is 0.225 e. The number of rotatable bonds is 5. The first-order valence-electron chi connectivity index (χ1n) is 5.00. The number of likely N-dealkylation sites (N-methyl/N-ethyl adjacent to an activating group) is 1. The van der Waals surface area contributed by atoms with Crippen LogP contribution in [0.5, 0.6) is 0 Å². The van der Waals surface area contributed by atoms with E-state index in [1.54, 1.807) is 12.4 Å². The van der Waals surface area contributed by atoms with Crippen LogP contribution in [0, 0.1) is 0 Å². The topological polar surface area (TPSA) is 64.3 Å². The first kappa shape index (κ1) is 11.7. The molecule has 15 heavy (non-hydrogen) atoms. The molecule has 0 radical (unpaired) electrons. The highest BCUT2D eigenvalue weighted by Crippen LogP contribution is 2.05. The first-order chi connectivity index (χ1) is 7.09. The molecular weight excluding hydrogens is 192 g/mol. The Balaban J connectivity index is 2.40. The second-order valence-electron chi connectivity index (χ2n) is 3.66. The molecule has 0 spiro atoms. The fourth-order valence-electron chi connectivity index (χ4n) is 1.05. The van der Waals surface area contributed by atoms with Gasteiger partial charge in [0, 0.05) is 13.6 Å². The maximum absolute atomic E-state index is 5.50. The lowest BCUT2D eigenvalue weighted by Crippen LogP contribution is -2.25. The van der Waals surface area contributed by atoms with Crippen LogP contribution in [0.25, 0.3) is 0 Å². The standard InChI is InChI=1S/C10H18N4O/c1-8(2)15-5-4-14(3)10-12-6-9(11)7-13-10/h6-8H,4-5,11H2,1-3H3. The molecule has 1 heterocycles. The molecule has 2 N–H and O–H groups in total. The van der Waals surface area contributed by atoms with E-state index in [9.17, 15) is 0 Å². The van der Waals surface area contributed by atoms with Crippen LogP contribution < -0.4 is 10.6 Å². The Morgan fingerprint density at radius 2 is 2.00 bits per heavy atom. The zero-order chi connectivity index (χ0) is 11.3. The van der Waals surface area contributed by atoms with Crippen molar-refractivity contribution in [3.63, 3.8) is 0 Å². The van der Waals surface area contributed by atoms with Gasteiger partial charge in [0.1, 0.15) is 0 Å². The van der Waals surface area contributed by atoms with Gasteiger partial charge in [-0.3, -0.25) is 0 Å². The van der Waals surface area contributed by atoms with Gasteiger partial charge in [-0.2, -0.15) is 0 Å². The van der Waals surface area contributed by atoms with Crippen LogP contribution in [0.15, 0.2) is 12.4 Å². The molecule has 84 valence electrons. The van der Waals surface area contributed by atoms with Crippen LogP contribution in [-0.2, 0) is 4.74 Å². The van der Waals surface area contributed by atoms with Crippen LogP contribution in [0.2, 0.25) is 0 Å². The molecule has 0 aromatic carbocycles. The summed E-state index contributed by atoms with van der Waals surface area (Å²) in [5, 5.41) is 0. The highest BCUT2D eigenvalue weighted by atomic mass is 16.5. The number of nitrogens with two attached hydrogens (primary N) is 1. The predicted octanol–water partition coefficient (Wildman–Crippen LogP) is 0.920. The van der Waals surface area contributed by atoms with Crippen LogP contribution in [0.1, 0.15) is 13.8 Å². The van der Waals surface area contributed by atoms with Crippen molar-refractivity contribution >= 4 is 11.6 Å². The van der Waals surface area contributed by atoms with Gasteiger partial charge in [0.05, 0.1) is 30.8 Å². The summed E-state index contributed by atoms with van der Waals surface area (Å²) in [5.74, 6) is 0.663. The summed E-state index contributed by atoms with van der Waals surface area (Å²) in [6.45, 7) is 5.46. The Hall–Kier alpha value is -1.36. The molecule has 0 amide bonds. The quantitative estimate of drug-likeness (QED) is 0.783. The van der Waals surface area contributed by atoms with Gasteiger partial charge in [-0.1, -0.05) is 0 Å². The minimum Gasteiger partial charge on any atom is -0.396 e. The SMILES string of the molecule is CC(C)OCCN(C)c1ncc(N)cn1. The summed E-state index contributed by atoms with van der Waals surface area (Å²) in [6.07, 6.45) is 3.45. The molecule has 0 unspecified atom stereocenters. The molecular formula is C10H18N4O. The lowest BCUT2D eigenvalue weighted by Gasteiger charge is -2.17. The summed E-state index contributed by atoms with van der Waals surface area (Å²) in [5.41, 5.74) is 6.07. The Morgan fingerprint density at radius 3 is 2.53 bits per heavy atom. The number of hydrogen-bond acceptors (Lipinski definition) is 5. The number of aromatic nitrogens is 2. The molecule has 1 rings (SSSR count). The van der Waals surface area contributed by atoms with Crippen molar-refractivity contribution in [1.82, 2.24) is 9.97 Å². The zero-order valence-electron chi connectivity index (χ0n) is 9.47. The van der Waals surface area contributed by atoms with E-state index < -0.39 is 0 Å². The van der Waals surface area contributed by atoms with Gasteiger partial charge in [0.25, 0.3) is 0 Å². The molecule has 1 aromatic heterocycles. The normalized spacial score (nSPS) is 10.7. The molecule has 0 aliphatic rings. The lowest BCUT2D eigenvalue weighted by molar-refractivity contribution is 0.0844. The maximum atomic E-state index is 5.50. The molecule has 0 saturated carbocycles. The van der Waals surface area contributed by atoms with Crippen molar-refractivity contribution in [1.29, 1.82) is 0 Å². The third-order valence-corrected chi connectivity index (χ3v) is 1.88. The number of ether oxygens (including phenoxy) is 1. The molecule has 0 atom stereocenters. The number of hydrogen-bond donors (Lipinski definition) is 1. The Kier molecular flexibility index (Phi) is 4.30. The van der Waals surface area contributed by atoms with Crippen LogP contribution in [0.3, 0.4) is 0 Å².